The van der Waals surface area contributed by atoms with Crippen molar-refractivity contribution >= 4 is 5.91 Å². The normalized spacial score (nSPS) is 21.1. The van der Waals surface area contributed by atoms with Crippen LogP contribution >= 0.6 is 0 Å². The molecule has 1 unspecified atom stereocenters. The van der Waals surface area contributed by atoms with E-state index in [-0.39, 0.29) is 12.0 Å². The maximum Gasteiger partial charge on any atom is 0.220 e. The zero-order valence-electron chi connectivity index (χ0n) is 10.4. The van der Waals surface area contributed by atoms with Gasteiger partial charge in [-0.3, -0.25) is 4.79 Å². The summed E-state index contributed by atoms with van der Waals surface area (Å²) in [6, 6.07) is 0. The van der Waals surface area contributed by atoms with Gasteiger partial charge in [-0.05, 0) is 45.7 Å². The van der Waals surface area contributed by atoms with Gasteiger partial charge in [0.15, 0.2) is 0 Å². The van der Waals surface area contributed by atoms with Gasteiger partial charge in [0.1, 0.15) is 0 Å². The molecule has 4 heteroatoms. The summed E-state index contributed by atoms with van der Waals surface area (Å²) in [6.45, 7) is 7.30. The highest BCUT2D eigenvalue weighted by atomic mass is 16.5. The first-order chi connectivity index (χ1) is 7.68. The summed E-state index contributed by atoms with van der Waals surface area (Å²) in [7, 11) is 0. The van der Waals surface area contributed by atoms with Crippen molar-refractivity contribution in [2.45, 2.75) is 39.2 Å². The van der Waals surface area contributed by atoms with Crippen molar-refractivity contribution in [3.8, 4) is 0 Å². The Labute approximate surface area is 98.1 Å². The first-order valence-corrected chi connectivity index (χ1v) is 6.27. The molecule has 0 bridgehead atoms. The molecule has 16 heavy (non-hydrogen) atoms. The zero-order valence-corrected chi connectivity index (χ0v) is 10.4. The Morgan fingerprint density at radius 2 is 2.38 bits per heavy atom. The average molecular weight is 228 g/mol. The fraction of sp³-hybridized carbons (Fsp3) is 0.917. The zero-order chi connectivity index (χ0) is 11.8. The fourth-order valence-electron chi connectivity index (χ4n) is 1.92. The van der Waals surface area contributed by atoms with Gasteiger partial charge in [0, 0.05) is 13.0 Å². The topological polar surface area (TPSA) is 50.4 Å². The predicted molar refractivity (Wildman–Crippen MR) is 64.3 cm³/mol. The number of ether oxygens (including phenoxy) is 1. The number of hydrogen-bond donors (Lipinski definition) is 2. The van der Waals surface area contributed by atoms with Gasteiger partial charge in [0.25, 0.3) is 0 Å². The summed E-state index contributed by atoms with van der Waals surface area (Å²) in [5, 5.41) is 6.21. The lowest BCUT2D eigenvalue weighted by Crippen LogP contribution is -2.35. The number of amides is 1. The van der Waals surface area contributed by atoms with Crippen molar-refractivity contribution in [2.24, 2.45) is 5.92 Å². The minimum Gasteiger partial charge on any atom is -0.377 e. The highest BCUT2D eigenvalue weighted by Crippen LogP contribution is 2.13. The standard InChI is InChI=1S/C12H24N2O2/c1-10(2)16-7-6-14-12(15)8-11-4-3-5-13-9-11/h10-11,13H,3-9H2,1-2H3,(H,14,15). The van der Waals surface area contributed by atoms with Crippen LogP contribution in [0.2, 0.25) is 0 Å². The van der Waals surface area contributed by atoms with Crippen LogP contribution in [0.1, 0.15) is 33.1 Å². The highest BCUT2D eigenvalue weighted by molar-refractivity contribution is 5.76. The van der Waals surface area contributed by atoms with Crippen LogP contribution in [0.15, 0.2) is 0 Å². The van der Waals surface area contributed by atoms with Gasteiger partial charge in [-0.2, -0.15) is 0 Å². The largest absolute Gasteiger partial charge is 0.377 e. The number of carbonyl (C=O) groups excluding carboxylic acids is 1. The Bertz CT molecular complexity index is 201. The molecule has 1 heterocycles. The second-order valence-corrected chi connectivity index (χ2v) is 4.69. The van der Waals surface area contributed by atoms with Gasteiger partial charge in [-0.1, -0.05) is 0 Å². The van der Waals surface area contributed by atoms with Crippen molar-refractivity contribution < 1.29 is 9.53 Å². The Kier molecular flexibility index (Phi) is 6.42. The third-order valence-corrected chi connectivity index (χ3v) is 2.75. The molecule has 0 radical (unpaired) electrons. The minimum absolute atomic E-state index is 0.154. The number of piperidine rings is 1. The Balaban J connectivity index is 2.01. The van der Waals surface area contributed by atoms with Crippen molar-refractivity contribution in [3.63, 3.8) is 0 Å². The molecule has 1 rings (SSSR count). The van der Waals surface area contributed by atoms with Crippen LogP contribution < -0.4 is 10.6 Å². The summed E-state index contributed by atoms with van der Waals surface area (Å²) < 4.78 is 5.36. The molecule has 0 aromatic heterocycles. The van der Waals surface area contributed by atoms with E-state index in [1.54, 1.807) is 0 Å². The number of nitrogens with one attached hydrogen (secondary N) is 2. The lowest BCUT2D eigenvalue weighted by atomic mass is 9.96. The van der Waals surface area contributed by atoms with Crippen molar-refractivity contribution in [1.29, 1.82) is 0 Å². The molecular formula is C12H24N2O2. The maximum absolute atomic E-state index is 11.6. The van der Waals surface area contributed by atoms with Crippen LogP contribution in [0.3, 0.4) is 0 Å². The van der Waals surface area contributed by atoms with Gasteiger partial charge in [-0.25, -0.2) is 0 Å². The molecule has 0 aromatic carbocycles. The molecule has 0 aliphatic carbocycles. The lowest BCUT2D eigenvalue weighted by Gasteiger charge is -2.22. The van der Waals surface area contributed by atoms with Crippen molar-refractivity contribution in [3.05, 3.63) is 0 Å². The molecule has 0 spiro atoms. The highest BCUT2D eigenvalue weighted by Gasteiger charge is 2.16. The summed E-state index contributed by atoms with van der Waals surface area (Å²) in [5.41, 5.74) is 0. The van der Waals surface area contributed by atoms with Crippen LogP contribution in [0.4, 0.5) is 0 Å². The Morgan fingerprint density at radius 1 is 1.56 bits per heavy atom. The molecular weight excluding hydrogens is 204 g/mol. The Hall–Kier alpha value is -0.610. The van der Waals surface area contributed by atoms with Crippen LogP contribution in [0, 0.1) is 5.92 Å². The van der Waals surface area contributed by atoms with Gasteiger partial charge in [-0.15, -0.1) is 0 Å². The first kappa shape index (κ1) is 13.5. The summed E-state index contributed by atoms with van der Waals surface area (Å²) in [4.78, 5) is 11.6. The van der Waals surface area contributed by atoms with Crippen LogP contribution in [-0.4, -0.2) is 38.3 Å². The van der Waals surface area contributed by atoms with E-state index in [1.165, 1.54) is 12.8 Å². The molecule has 4 nitrogen and oxygen atoms in total. The molecule has 1 atom stereocenters. The molecule has 1 aliphatic heterocycles. The third kappa shape index (κ3) is 6.08. The number of carbonyl (C=O) groups is 1. The van der Waals surface area contributed by atoms with E-state index in [1.807, 2.05) is 13.8 Å². The van der Waals surface area contributed by atoms with E-state index < -0.39 is 0 Å². The smallest absolute Gasteiger partial charge is 0.220 e. The van der Waals surface area contributed by atoms with E-state index in [9.17, 15) is 4.79 Å². The second-order valence-electron chi connectivity index (χ2n) is 4.69. The fourth-order valence-corrected chi connectivity index (χ4v) is 1.92. The van der Waals surface area contributed by atoms with Crippen molar-refractivity contribution in [1.82, 2.24) is 10.6 Å². The van der Waals surface area contributed by atoms with Gasteiger partial charge in [0.05, 0.1) is 12.7 Å². The summed E-state index contributed by atoms with van der Waals surface area (Å²) in [6.07, 6.45) is 3.24. The molecule has 2 N–H and O–H groups in total. The van der Waals surface area contributed by atoms with Gasteiger partial charge >= 0.3 is 0 Å². The molecule has 1 aliphatic rings. The summed E-state index contributed by atoms with van der Waals surface area (Å²) >= 11 is 0. The Morgan fingerprint density at radius 3 is 3.00 bits per heavy atom. The van der Waals surface area contributed by atoms with E-state index in [4.69, 9.17) is 4.74 Å². The van der Waals surface area contributed by atoms with E-state index >= 15 is 0 Å². The average Bonchev–Trinajstić information content (AvgIpc) is 2.25. The molecule has 0 saturated carbocycles. The molecule has 1 amide bonds. The molecule has 1 saturated heterocycles. The first-order valence-electron chi connectivity index (χ1n) is 6.27. The molecule has 0 aromatic rings. The number of hydrogen-bond acceptors (Lipinski definition) is 3. The molecule has 1 fully saturated rings. The van der Waals surface area contributed by atoms with E-state index in [0.29, 0.717) is 25.5 Å². The van der Waals surface area contributed by atoms with Crippen LogP contribution in [0.5, 0.6) is 0 Å². The monoisotopic (exact) mass is 228 g/mol. The van der Waals surface area contributed by atoms with Gasteiger partial charge < -0.3 is 15.4 Å². The van der Waals surface area contributed by atoms with E-state index in [0.717, 1.165) is 13.1 Å². The third-order valence-electron chi connectivity index (χ3n) is 2.75. The van der Waals surface area contributed by atoms with E-state index in [2.05, 4.69) is 10.6 Å². The quantitative estimate of drug-likeness (QED) is 0.665. The van der Waals surface area contributed by atoms with Crippen molar-refractivity contribution in [2.75, 3.05) is 26.2 Å². The molecule has 94 valence electrons. The van der Waals surface area contributed by atoms with Gasteiger partial charge in [0.2, 0.25) is 5.91 Å². The number of rotatable bonds is 6. The minimum atomic E-state index is 0.154. The van der Waals surface area contributed by atoms with Crippen LogP contribution in [0.25, 0.3) is 0 Å². The second kappa shape index (κ2) is 7.63. The maximum atomic E-state index is 11.6. The SMILES string of the molecule is CC(C)OCCNC(=O)CC1CCCNC1. The summed E-state index contributed by atoms with van der Waals surface area (Å²) in [5.74, 6) is 0.667. The van der Waals surface area contributed by atoms with Crippen LogP contribution in [-0.2, 0) is 9.53 Å². The predicted octanol–water partition coefficient (Wildman–Crippen LogP) is 0.917. The lowest BCUT2D eigenvalue weighted by molar-refractivity contribution is -0.122.